The predicted molar refractivity (Wildman–Crippen MR) is 77.0 cm³/mol. The number of nitrogens with zero attached hydrogens (tertiary/aromatic N) is 2. The molecule has 2 nitrogen and oxygen atoms in total. The summed E-state index contributed by atoms with van der Waals surface area (Å²) in [5.41, 5.74) is 0.432. The molecule has 0 N–H and O–H groups in total. The first-order chi connectivity index (χ1) is 9.70. The molecule has 2 saturated heterocycles. The topological polar surface area (TPSA) is 6.48 Å². The molecule has 2 heterocycles. The Bertz CT molecular complexity index is 478. The summed E-state index contributed by atoms with van der Waals surface area (Å²) in [6.07, 6.45) is 4.64. The Kier molecular flexibility index (Phi) is 3.92. The summed E-state index contributed by atoms with van der Waals surface area (Å²) in [4.78, 5) is 4.62. The average Bonchev–Trinajstić information content (AvgIpc) is 2.48. The highest BCUT2D eigenvalue weighted by molar-refractivity contribution is 5.50. The molecule has 2 unspecified atom stereocenters. The second-order valence-corrected chi connectivity index (χ2v) is 5.93. The second-order valence-electron chi connectivity index (χ2n) is 5.93. The molecule has 1 aromatic carbocycles. The smallest absolute Gasteiger partial charge is 0.182 e. The van der Waals surface area contributed by atoms with Crippen LogP contribution in [0.4, 0.5) is 14.5 Å². The Morgan fingerprint density at radius 2 is 2.05 bits per heavy atom. The fourth-order valence-electron chi connectivity index (χ4n) is 3.61. The molecule has 0 spiro atoms. The highest BCUT2D eigenvalue weighted by Gasteiger charge is 2.35. The number of piperazine rings is 1. The Morgan fingerprint density at radius 1 is 1.20 bits per heavy atom. The van der Waals surface area contributed by atoms with Gasteiger partial charge in [-0.25, -0.2) is 8.78 Å². The Balaban J connectivity index is 1.88. The number of halogens is 2. The highest BCUT2D eigenvalue weighted by atomic mass is 19.2. The van der Waals surface area contributed by atoms with Crippen molar-refractivity contribution in [3.05, 3.63) is 29.8 Å². The van der Waals surface area contributed by atoms with E-state index < -0.39 is 11.6 Å². The Labute approximate surface area is 119 Å². The molecular weight excluding hydrogens is 258 g/mol. The standard InChI is InChI=1S/C16H22F2N2/c1-2-12-10-19-9-4-3-6-13(19)11-20(12)15-8-5-7-14(17)16(15)18/h5,7-8,12-13H,2-4,6,9-11H2,1H3. The quantitative estimate of drug-likeness (QED) is 0.819. The number of rotatable bonds is 2. The van der Waals surface area contributed by atoms with E-state index in [1.807, 2.05) is 0 Å². The van der Waals surface area contributed by atoms with Gasteiger partial charge in [-0.3, -0.25) is 4.90 Å². The maximum Gasteiger partial charge on any atom is 0.182 e. The minimum Gasteiger partial charge on any atom is -0.363 e. The number of hydrogen-bond acceptors (Lipinski definition) is 2. The molecule has 1 aromatic rings. The van der Waals surface area contributed by atoms with Crippen LogP contribution in [0.25, 0.3) is 0 Å². The molecule has 2 atom stereocenters. The molecule has 0 bridgehead atoms. The third kappa shape index (κ3) is 2.41. The van der Waals surface area contributed by atoms with Crippen molar-refractivity contribution >= 4 is 5.69 Å². The van der Waals surface area contributed by atoms with Crippen molar-refractivity contribution in [3.63, 3.8) is 0 Å². The van der Waals surface area contributed by atoms with Crippen molar-refractivity contribution in [3.8, 4) is 0 Å². The van der Waals surface area contributed by atoms with E-state index in [1.54, 1.807) is 12.1 Å². The summed E-state index contributed by atoms with van der Waals surface area (Å²) in [5, 5.41) is 0. The van der Waals surface area contributed by atoms with Crippen LogP contribution in [0.5, 0.6) is 0 Å². The summed E-state index contributed by atoms with van der Waals surface area (Å²) in [6.45, 7) is 5.07. The molecule has 0 aliphatic carbocycles. The minimum atomic E-state index is -0.747. The van der Waals surface area contributed by atoms with Gasteiger partial charge in [0.15, 0.2) is 11.6 Å². The van der Waals surface area contributed by atoms with Gasteiger partial charge in [0.1, 0.15) is 0 Å². The minimum absolute atomic E-state index is 0.278. The van der Waals surface area contributed by atoms with Gasteiger partial charge in [-0.15, -0.1) is 0 Å². The monoisotopic (exact) mass is 280 g/mol. The van der Waals surface area contributed by atoms with E-state index in [4.69, 9.17) is 0 Å². The number of fused-ring (bicyclic) bond motifs is 1. The Morgan fingerprint density at radius 3 is 2.85 bits per heavy atom. The Hall–Kier alpha value is -1.16. The lowest BCUT2D eigenvalue weighted by Gasteiger charge is -2.49. The molecule has 2 fully saturated rings. The normalized spacial score (nSPS) is 27.4. The lowest BCUT2D eigenvalue weighted by molar-refractivity contribution is 0.110. The van der Waals surface area contributed by atoms with Gasteiger partial charge in [-0.1, -0.05) is 19.4 Å². The van der Waals surface area contributed by atoms with Gasteiger partial charge in [-0.2, -0.15) is 0 Å². The van der Waals surface area contributed by atoms with E-state index in [9.17, 15) is 8.78 Å². The molecule has 110 valence electrons. The predicted octanol–water partition coefficient (Wildman–Crippen LogP) is 3.42. The van der Waals surface area contributed by atoms with Crippen molar-refractivity contribution in [1.29, 1.82) is 0 Å². The van der Waals surface area contributed by atoms with Crippen molar-refractivity contribution in [2.45, 2.75) is 44.7 Å². The van der Waals surface area contributed by atoms with Gasteiger partial charge >= 0.3 is 0 Å². The molecule has 0 saturated carbocycles. The van der Waals surface area contributed by atoms with Crippen LogP contribution in [-0.4, -0.2) is 36.6 Å². The molecule has 20 heavy (non-hydrogen) atoms. The summed E-state index contributed by atoms with van der Waals surface area (Å²) in [5.74, 6) is -1.45. The summed E-state index contributed by atoms with van der Waals surface area (Å²) >= 11 is 0. The fourth-order valence-corrected chi connectivity index (χ4v) is 3.61. The molecular formula is C16H22F2N2. The van der Waals surface area contributed by atoms with E-state index >= 15 is 0 Å². The van der Waals surface area contributed by atoms with Gasteiger partial charge in [0.05, 0.1) is 5.69 Å². The van der Waals surface area contributed by atoms with Gasteiger partial charge in [0.25, 0.3) is 0 Å². The molecule has 0 radical (unpaired) electrons. The second kappa shape index (κ2) is 5.68. The molecule has 0 aromatic heterocycles. The molecule has 2 aliphatic rings. The maximum atomic E-state index is 14.1. The number of hydrogen-bond donors (Lipinski definition) is 0. The van der Waals surface area contributed by atoms with Gasteiger partial charge < -0.3 is 4.90 Å². The average molecular weight is 280 g/mol. The lowest BCUT2D eigenvalue weighted by Crippen LogP contribution is -2.59. The van der Waals surface area contributed by atoms with Crippen LogP contribution < -0.4 is 4.90 Å². The first-order valence-corrected chi connectivity index (χ1v) is 7.65. The molecule has 0 amide bonds. The summed E-state index contributed by atoms with van der Waals surface area (Å²) in [6, 6.07) is 5.28. The number of anilines is 1. The lowest BCUT2D eigenvalue weighted by atomic mass is 9.95. The highest BCUT2D eigenvalue weighted by Crippen LogP contribution is 2.31. The first-order valence-electron chi connectivity index (χ1n) is 7.65. The van der Waals surface area contributed by atoms with Crippen molar-refractivity contribution in [1.82, 2.24) is 4.90 Å². The van der Waals surface area contributed by atoms with Crippen LogP contribution >= 0.6 is 0 Å². The van der Waals surface area contributed by atoms with Gasteiger partial charge in [0, 0.05) is 25.2 Å². The van der Waals surface area contributed by atoms with E-state index in [2.05, 4.69) is 16.7 Å². The third-order valence-corrected chi connectivity index (χ3v) is 4.75. The van der Waals surface area contributed by atoms with Crippen molar-refractivity contribution in [2.24, 2.45) is 0 Å². The summed E-state index contributed by atoms with van der Waals surface area (Å²) < 4.78 is 27.6. The van der Waals surface area contributed by atoms with Gasteiger partial charge in [-0.05, 0) is 37.9 Å². The van der Waals surface area contributed by atoms with Crippen molar-refractivity contribution in [2.75, 3.05) is 24.5 Å². The van der Waals surface area contributed by atoms with Crippen LogP contribution in [0.15, 0.2) is 18.2 Å². The van der Waals surface area contributed by atoms with Crippen LogP contribution in [0.2, 0.25) is 0 Å². The van der Waals surface area contributed by atoms with Crippen LogP contribution in [0.3, 0.4) is 0 Å². The maximum absolute atomic E-state index is 14.1. The van der Waals surface area contributed by atoms with E-state index in [0.717, 1.165) is 26.1 Å². The molecule has 3 rings (SSSR count). The van der Waals surface area contributed by atoms with E-state index in [1.165, 1.54) is 25.3 Å². The zero-order chi connectivity index (χ0) is 14.1. The van der Waals surface area contributed by atoms with Gasteiger partial charge in [0.2, 0.25) is 0 Å². The van der Waals surface area contributed by atoms with Crippen LogP contribution in [0.1, 0.15) is 32.6 Å². The van der Waals surface area contributed by atoms with E-state index in [0.29, 0.717) is 11.7 Å². The van der Waals surface area contributed by atoms with E-state index in [-0.39, 0.29) is 6.04 Å². The summed E-state index contributed by atoms with van der Waals surface area (Å²) in [7, 11) is 0. The van der Waals surface area contributed by atoms with Crippen LogP contribution in [0, 0.1) is 11.6 Å². The zero-order valence-corrected chi connectivity index (χ0v) is 12.0. The molecule has 4 heteroatoms. The fraction of sp³-hybridized carbons (Fsp3) is 0.625. The van der Waals surface area contributed by atoms with Crippen LogP contribution in [-0.2, 0) is 0 Å². The number of piperidine rings is 1. The zero-order valence-electron chi connectivity index (χ0n) is 12.0. The third-order valence-electron chi connectivity index (χ3n) is 4.75. The SMILES string of the molecule is CCC1CN2CCCCC2CN1c1cccc(F)c1F. The van der Waals surface area contributed by atoms with Crippen molar-refractivity contribution < 1.29 is 8.78 Å². The largest absolute Gasteiger partial charge is 0.363 e. The molecule has 2 aliphatic heterocycles. The first kappa shape index (κ1) is 13.8. The number of benzene rings is 1.